The number of benzene rings is 1. The molecule has 0 heterocycles. The summed E-state index contributed by atoms with van der Waals surface area (Å²) in [7, 11) is 0. The standard InChI is InChI=1S/C13H19BrO/c1-3-11(2)15-10-13(9-14)12-7-5-4-6-8-12/h4-8,11,13H,3,9-10H2,1-2H3. The minimum absolute atomic E-state index is 0.357. The van der Waals surface area contributed by atoms with Gasteiger partial charge in [0.1, 0.15) is 0 Å². The number of hydrogen-bond donors (Lipinski definition) is 0. The maximum absolute atomic E-state index is 5.77. The topological polar surface area (TPSA) is 9.23 Å². The fourth-order valence-electron chi connectivity index (χ4n) is 1.35. The highest BCUT2D eigenvalue weighted by molar-refractivity contribution is 9.09. The van der Waals surface area contributed by atoms with Gasteiger partial charge in [-0.3, -0.25) is 0 Å². The Hall–Kier alpha value is -0.340. The molecule has 0 saturated heterocycles. The van der Waals surface area contributed by atoms with Crippen molar-refractivity contribution in [2.24, 2.45) is 0 Å². The first kappa shape index (κ1) is 12.7. The fourth-order valence-corrected chi connectivity index (χ4v) is 1.91. The zero-order chi connectivity index (χ0) is 11.1. The van der Waals surface area contributed by atoms with Crippen molar-refractivity contribution in [1.82, 2.24) is 0 Å². The highest BCUT2D eigenvalue weighted by atomic mass is 79.9. The molecule has 0 aliphatic carbocycles. The minimum atomic E-state index is 0.357. The summed E-state index contributed by atoms with van der Waals surface area (Å²) >= 11 is 3.54. The Balaban J connectivity index is 2.50. The molecule has 2 unspecified atom stereocenters. The SMILES string of the molecule is CCC(C)OCC(CBr)c1ccccc1. The molecule has 0 N–H and O–H groups in total. The molecule has 1 aromatic rings. The first-order valence-corrected chi connectivity index (χ1v) is 6.62. The predicted molar refractivity (Wildman–Crippen MR) is 68.7 cm³/mol. The van der Waals surface area contributed by atoms with Crippen LogP contribution in [0.25, 0.3) is 0 Å². The fraction of sp³-hybridized carbons (Fsp3) is 0.538. The van der Waals surface area contributed by atoms with Gasteiger partial charge in [0.05, 0.1) is 12.7 Å². The smallest absolute Gasteiger partial charge is 0.0546 e. The lowest BCUT2D eigenvalue weighted by atomic mass is 10.0. The summed E-state index contributed by atoms with van der Waals surface area (Å²) in [4.78, 5) is 0. The largest absolute Gasteiger partial charge is 0.378 e. The molecule has 0 saturated carbocycles. The van der Waals surface area contributed by atoms with E-state index in [1.807, 2.05) is 6.07 Å². The second-order valence-electron chi connectivity index (χ2n) is 3.81. The summed E-state index contributed by atoms with van der Waals surface area (Å²) in [6.07, 6.45) is 1.43. The van der Waals surface area contributed by atoms with E-state index in [4.69, 9.17) is 4.74 Å². The molecule has 15 heavy (non-hydrogen) atoms. The van der Waals surface area contributed by atoms with E-state index in [1.54, 1.807) is 0 Å². The van der Waals surface area contributed by atoms with Gasteiger partial charge in [-0.1, -0.05) is 53.2 Å². The van der Waals surface area contributed by atoms with E-state index in [0.29, 0.717) is 12.0 Å². The average Bonchev–Trinajstić information content (AvgIpc) is 2.31. The summed E-state index contributed by atoms with van der Waals surface area (Å²) in [6, 6.07) is 10.5. The number of hydrogen-bond acceptors (Lipinski definition) is 1. The van der Waals surface area contributed by atoms with Gasteiger partial charge < -0.3 is 4.74 Å². The van der Waals surface area contributed by atoms with Gasteiger partial charge >= 0.3 is 0 Å². The van der Waals surface area contributed by atoms with Crippen LogP contribution in [-0.2, 0) is 4.74 Å². The van der Waals surface area contributed by atoms with Gasteiger partial charge in [-0.05, 0) is 18.9 Å². The van der Waals surface area contributed by atoms with Crippen molar-refractivity contribution in [3.8, 4) is 0 Å². The van der Waals surface area contributed by atoms with Crippen molar-refractivity contribution in [2.75, 3.05) is 11.9 Å². The average molecular weight is 271 g/mol. The second kappa shape index (κ2) is 7.02. The van der Waals surface area contributed by atoms with E-state index < -0.39 is 0 Å². The summed E-state index contributed by atoms with van der Waals surface area (Å²) < 4.78 is 5.77. The molecule has 1 rings (SSSR count). The number of rotatable bonds is 6. The molecule has 2 heteroatoms. The third kappa shape index (κ3) is 4.35. The molecular weight excluding hydrogens is 252 g/mol. The van der Waals surface area contributed by atoms with Crippen molar-refractivity contribution in [1.29, 1.82) is 0 Å². The van der Waals surface area contributed by atoms with Crippen molar-refractivity contribution in [3.05, 3.63) is 35.9 Å². The van der Waals surface area contributed by atoms with E-state index in [-0.39, 0.29) is 0 Å². The zero-order valence-corrected chi connectivity index (χ0v) is 11.0. The number of alkyl halides is 1. The van der Waals surface area contributed by atoms with Crippen LogP contribution in [0.5, 0.6) is 0 Å². The second-order valence-corrected chi connectivity index (χ2v) is 4.46. The van der Waals surface area contributed by atoms with Gasteiger partial charge in [0.25, 0.3) is 0 Å². The normalized spacial score (nSPS) is 14.9. The van der Waals surface area contributed by atoms with Gasteiger partial charge in [0.2, 0.25) is 0 Å². The molecule has 0 amide bonds. The molecule has 0 spiro atoms. The van der Waals surface area contributed by atoms with Gasteiger partial charge in [0.15, 0.2) is 0 Å². The van der Waals surface area contributed by atoms with Crippen LogP contribution < -0.4 is 0 Å². The van der Waals surface area contributed by atoms with Gasteiger partial charge in [-0.15, -0.1) is 0 Å². The molecule has 2 atom stereocenters. The highest BCUT2D eigenvalue weighted by Crippen LogP contribution is 2.19. The molecule has 0 bridgehead atoms. The van der Waals surface area contributed by atoms with Crippen LogP contribution in [0.15, 0.2) is 30.3 Å². The summed E-state index contributed by atoms with van der Waals surface area (Å²) in [6.45, 7) is 5.07. The predicted octanol–water partition coefficient (Wildman–Crippen LogP) is 3.98. The first-order chi connectivity index (χ1) is 7.27. The van der Waals surface area contributed by atoms with Crippen molar-refractivity contribution >= 4 is 15.9 Å². The maximum Gasteiger partial charge on any atom is 0.0546 e. The Morgan fingerprint density at radius 3 is 2.47 bits per heavy atom. The van der Waals surface area contributed by atoms with E-state index in [9.17, 15) is 0 Å². The quantitative estimate of drug-likeness (QED) is 0.711. The lowest BCUT2D eigenvalue weighted by Crippen LogP contribution is -2.15. The third-order valence-electron chi connectivity index (χ3n) is 2.61. The van der Waals surface area contributed by atoms with Crippen LogP contribution in [-0.4, -0.2) is 18.0 Å². The first-order valence-electron chi connectivity index (χ1n) is 5.50. The molecule has 1 aromatic carbocycles. The lowest BCUT2D eigenvalue weighted by molar-refractivity contribution is 0.0565. The van der Waals surface area contributed by atoms with Crippen LogP contribution in [0, 0.1) is 0 Å². The highest BCUT2D eigenvalue weighted by Gasteiger charge is 2.11. The zero-order valence-electron chi connectivity index (χ0n) is 9.45. The molecule has 0 aliphatic heterocycles. The van der Waals surface area contributed by atoms with Crippen molar-refractivity contribution < 1.29 is 4.74 Å². The number of halogens is 1. The van der Waals surface area contributed by atoms with Crippen LogP contribution >= 0.6 is 15.9 Å². The maximum atomic E-state index is 5.77. The molecule has 0 radical (unpaired) electrons. The van der Waals surface area contributed by atoms with Gasteiger partial charge in [-0.2, -0.15) is 0 Å². The molecule has 0 aromatic heterocycles. The molecular formula is C13H19BrO. The van der Waals surface area contributed by atoms with Crippen molar-refractivity contribution in [3.63, 3.8) is 0 Å². The van der Waals surface area contributed by atoms with E-state index in [1.165, 1.54) is 5.56 Å². The third-order valence-corrected chi connectivity index (χ3v) is 3.40. The van der Waals surface area contributed by atoms with Gasteiger partial charge in [-0.25, -0.2) is 0 Å². The Kier molecular flexibility index (Phi) is 5.96. The lowest BCUT2D eigenvalue weighted by Gasteiger charge is -2.17. The van der Waals surface area contributed by atoms with E-state index in [0.717, 1.165) is 18.4 Å². The summed E-state index contributed by atoms with van der Waals surface area (Å²) in [5.74, 6) is 0.459. The van der Waals surface area contributed by atoms with Crippen LogP contribution in [0.1, 0.15) is 31.7 Å². The summed E-state index contributed by atoms with van der Waals surface area (Å²) in [5, 5.41) is 0.952. The summed E-state index contributed by atoms with van der Waals surface area (Å²) in [5.41, 5.74) is 1.35. The molecule has 1 nitrogen and oxygen atoms in total. The van der Waals surface area contributed by atoms with Crippen molar-refractivity contribution in [2.45, 2.75) is 32.3 Å². The molecule has 84 valence electrons. The molecule has 0 fully saturated rings. The van der Waals surface area contributed by atoms with E-state index >= 15 is 0 Å². The van der Waals surface area contributed by atoms with E-state index in [2.05, 4.69) is 54.0 Å². The van der Waals surface area contributed by atoms with Gasteiger partial charge in [0, 0.05) is 11.2 Å². The van der Waals surface area contributed by atoms with Crippen LogP contribution in [0.3, 0.4) is 0 Å². The Morgan fingerprint density at radius 2 is 1.93 bits per heavy atom. The van der Waals surface area contributed by atoms with Crippen LogP contribution in [0.4, 0.5) is 0 Å². The molecule has 0 aliphatic rings. The Bertz CT molecular complexity index is 260. The monoisotopic (exact) mass is 270 g/mol. The Labute approximate surface area is 101 Å². The number of ether oxygens (including phenoxy) is 1. The van der Waals surface area contributed by atoms with Crippen LogP contribution in [0.2, 0.25) is 0 Å². The minimum Gasteiger partial charge on any atom is -0.378 e. The Morgan fingerprint density at radius 1 is 1.27 bits per heavy atom.